The zero-order chi connectivity index (χ0) is 20.8. The van der Waals surface area contributed by atoms with Crippen molar-refractivity contribution in [3.05, 3.63) is 65.2 Å². The first-order valence-corrected chi connectivity index (χ1v) is 10.4. The predicted octanol–water partition coefficient (Wildman–Crippen LogP) is 6.06. The Labute approximate surface area is 183 Å². The van der Waals surface area contributed by atoms with Gasteiger partial charge >= 0.3 is 5.97 Å². The lowest BCUT2D eigenvalue weighted by atomic mass is 10.1. The number of nitrogens with one attached hydrogen (secondary N) is 2. The van der Waals surface area contributed by atoms with Gasteiger partial charge in [0, 0.05) is 10.6 Å². The van der Waals surface area contributed by atoms with Gasteiger partial charge in [-0.05, 0) is 49.0 Å². The lowest BCUT2D eigenvalue weighted by Gasteiger charge is -2.12. The summed E-state index contributed by atoms with van der Waals surface area (Å²) in [5.74, 6) is 0.176. The predicted molar refractivity (Wildman–Crippen MR) is 124 cm³/mol. The van der Waals surface area contributed by atoms with Crippen LogP contribution in [0.2, 0.25) is 5.02 Å². The van der Waals surface area contributed by atoms with Gasteiger partial charge in [0.2, 0.25) is 0 Å². The van der Waals surface area contributed by atoms with Crippen LogP contribution in [-0.4, -0.2) is 24.8 Å². The van der Waals surface area contributed by atoms with Gasteiger partial charge < -0.3 is 20.1 Å². The molecular weight excluding hydrogens is 428 g/mol. The fourth-order valence-electron chi connectivity index (χ4n) is 2.60. The van der Waals surface area contributed by atoms with Gasteiger partial charge in [-0.1, -0.05) is 41.9 Å². The van der Waals surface area contributed by atoms with Gasteiger partial charge in [0.15, 0.2) is 5.11 Å². The summed E-state index contributed by atoms with van der Waals surface area (Å²) < 4.78 is 10.3. The van der Waals surface area contributed by atoms with Gasteiger partial charge in [-0.3, -0.25) is 0 Å². The number of benzene rings is 2. The number of methoxy groups -OCH3 is 1. The molecule has 0 atom stereocenters. The number of thiocarbonyl (C=S) groups is 1. The highest BCUT2D eigenvalue weighted by molar-refractivity contribution is 7.80. The number of thiophene rings is 1. The lowest BCUT2D eigenvalue weighted by molar-refractivity contribution is 0.0528. The molecule has 0 bridgehead atoms. The molecule has 0 radical (unpaired) electrons. The molecule has 1 heterocycles. The van der Waals surface area contributed by atoms with E-state index >= 15 is 0 Å². The molecule has 0 amide bonds. The van der Waals surface area contributed by atoms with Gasteiger partial charge in [0.25, 0.3) is 0 Å². The van der Waals surface area contributed by atoms with Crippen molar-refractivity contribution < 1.29 is 14.3 Å². The van der Waals surface area contributed by atoms with E-state index in [4.69, 9.17) is 33.3 Å². The highest BCUT2D eigenvalue weighted by Gasteiger charge is 2.19. The summed E-state index contributed by atoms with van der Waals surface area (Å²) >= 11 is 13.0. The topological polar surface area (TPSA) is 59.6 Å². The Hall–Kier alpha value is -2.61. The van der Waals surface area contributed by atoms with Crippen LogP contribution in [0.15, 0.2) is 54.6 Å². The second kappa shape index (κ2) is 9.73. The summed E-state index contributed by atoms with van der Waals surface area (Å²) in [6, 6.07) is 16.9. The van der Waals surface area contributed by atoms with Crippen molar-refractivity contribution in [2.75, 3.05) is 24.4 Å². The van der Waals surface area contributed by atoms with Crippen molar-refractivity contribution >= 4 is 56.9 Å². The third-order valence-corrected chi connectivity index (χ3v) is 5.52. The van der Waals surface area contributed by atoms with Gasteiger partial charge in [-0.25, -0.2) is 4.79 Å². The average Bonchev–Trinajstić information content (AvgIpc) is 3.13. The van der Waals surface area contributed by atoms with Gasteiger partial charge in [-0.2, -0.15) is 0 Å². The molecular formula is C21H19ClN2O3S2. The zero-order valence-electron chi connectivity index (χ0n) is 15.8. The molecule has 0 unspecified atom stereocenters. The molecule has 0 aliphatic rings. The molecule has 2 N–H and O–H groups in total. The Morgan fingerprint density at radius 3 is 2.55 bits per heavy atom. The highest BCUT2D eigenvalue weighted by atomic mass is 35.5. The molecule has 0 saturated heterocycles. The maximum atomic E-state index is 12.4. The number of anilines is 2. The molecule has 0 saturated carbocycles. The van der Waals surface area contributed by atoms with E-state index in [1.165, 1.54) is 11.3 Å². The van der Waals surface area contributed by atoms with E-state index in [2.05, 4.69) is 10.6 Å². The molecule has 0 spiro atoms. The molecule has 5 nitrogen and oxygen atoms in total. The monoisotopic (exact) mass is 446 g/mol. The number of carbonyl (C=O) groups excluding carboxylic acids is 1. The summed E-state index contributed by atoms with van der Waals surface area (Å²) in [5, 5.41) is 7.57. The number of halogens is 1. The van der Waals surface area contributed by atoms with E-state index in [0.29, 0.717) is 38.7 Å². The summed E-state index contributed by atoms with van der Waals surface area (Å²) in [6.45, 7) is 2.07. The van der Waals surface area contributed by atoms with Crippen LogP contribution in [0, 0.1) is 0 Å². The molecule has 29 heavy (non-hydrogen) atoms. The minimum atomic E-state index is -0.399. The largest absolute Gasteiger partial charge is 0.495 e. The first-order chi connectivity index (χ1) is 14.0. The van der Waals surface area contributed by atoms with Crippen LogP contribution in [0.25, 0.3) is 10.4 Å². The van der Waals surface area contributed by atoms with Crippen LogP contribution in [-0.2, 0) is 4.74 Å². The SMILES string of the molecule is CCOC(=O)c1cc(-c2ccccc2)sc1NC(=S)Nc1ccc(OC)c(Cl)c1. The number of hydrogen-bond donors (Lipinski definition) is 2. The molecule has 3 rings (SSSR count). The second-order valence-corrected chi connectivity index (χ2v) is 7.74. The number of hydrogen-bond acceptors (Lipinski definition) is 5. The zero-order valence-corrected chi connectivity index (χ0v) is 18.2. The Bertz CT molecular complexity index is 1020. The van der Waals surface area contributed by atoms with E-state index in [1.807, 2.05) is 36.4 Å². The highest BCUT2D eigenvalue weighted by Crippen LogP contribution is 2.36. The number of esters is 1. The summed E-state index contributed by atoms with van der Waals surface area (Å²) in [4.78, 5) is 13.4. The molecule has 8 heteroatoms. The van der Waals surface area contributed by atoms with Crippen molar-refractivity contribution in [3.63, 3.8) is 0 Å². The normalized spacial score (nSPS) is 10.3. The van der Waals surface area contributed by atoms with Crippen LogP contribution < -0.4 is 15.4 Å². The third-order valence-electron chi connectivity index (χ3n) is 3.92. The standard InChI is InChI=1S/C21H19ClN2O3S2/c1-3-27-20(25)15-12-18(13-7-5-4-6-8-13)29-19(15)24-21(28)23-14-9-10-17(26-2)16(22)11-14/h4-12H,3H2,1-2H3,(H2,23,24,28). The minimum absolute atomic E-state index is 0.293. The van der Waals surface area contributed by atoms with Crippen molar-refractivity contribution in [2.24, 2.45) is 0 Å². The Balaban J connectivity index is 1.83. The third kappa shape index (κ3) is 5.26. The maximum absolute atomic E-state index is 12.4. The minimum Gasteiger partial charge on any atom is -0.495 e. The summed E-state index contributed by atoms with van der Waals surface area (Å²) in [7, 11) is 1.55. The molecule has 0 fully saturated rings. The van der Waals surface area contributed by atoms with Crippen molar-refractivity contribution in [2.45, 2.75) is 6.92 Å². The lowest BCUT2D eigenvalue weighted by Crippen LogP contribution is -2.20. The van der Waals surface area contributed by atoms with E-state index in [1.54, 1.807) is 32.2 Å². The number of carbonyl (C=O) groups is 1. The smallest absolute Gasteiger partial charge is 0.341 e. The van der Waals surface area contributed by atoms with Gasteiger partial charge in [0.05, 0.1) is 24.3 Å². The molecule has 3 aromatic rings. The average molecular weight is 447 g/mol. The fraction of sp³-hybridized carbons (Fsp3) is 0.143. The molecule has 2 aromatic carbocycles. The van der Waals surface area contributed by atoms with E-state index in [9.17, 15) is 4.79 Å². The first kappa shape index (κ1) is 21.1. The molecule has 150 valence electrons. The first-order valence-electron chi connectivity index (χ1n) is 8.79. The summed E-state index contributed by atoms with van der Waals surface area (Å²) in [6.07, 6.45) is 0. The second-order valence-electron chi connectivity index (χ2n) is 5.87. The molecule has 0 aliphatic heterocycles. The quantitative estimate of drug-likeness (QED) is 0.354. The van der Waals surface area contributed by atoms with Crippen LogP contribution in [0.1, 0.15) is 17.3 Å². The molecule has 1 aromatic heterocycles. The van der Waals surface area contributed by atoms with Crippen LogP contribution in [0.5, 0.6) is 5.75 Å². The number of rotatable bonds is 6. The summed E-state index contributed by atoms with van der Waals surface area (Å²) in [5.41, 5.74) is 2.15. The number of ether oxygens (including phenoxy) is 2. The molecule has 0 aliphatic carbocycles. The van der Waals surface area contributed by atoms with Gasteiger partial charge in [-0.15, -0.1) is 11.3 Å². The van der Waals surface area contributed by atoms with Crippen molar-refractivity contribution in [1.29, 1.82) is 0 Å². The van der Waals surface area contributed by atoms with Crippen molar-refractivity contribution in [3.8, 4) is 16.2 Å². The Morgan fingerprint density at radius 2 is 1.90 bits per heavy atom. The van der Waals surface area contributed by atoms with Crippen molar-refractivity contribution in [1.82, 2.24) is 0 Å². The van der Waals surface area contributed by atoms with E-state index in [-0.39, 0.29) is 0 Å². The van der Waals surface area contributed by atoms with Crippen LogP contribution in [0.3, 0.4) is 0 Å². The van der Waals surface area contributed by atoms with Crippen LogP contribution >= 0.6 is 35.2 Å². The maximum Gasteiger partial charge on any atom is 0.341 e. The fourth-order valence-corrected chi connectivity index (χ4v) is 4.20. The van der Waals surface area contributed by atoms with Crippen LogP contribution in [0.4, 0.5) is 10.7 Å². The Morgan fingerprint density at radius 1 is 1.14 bits per heavy atom. The Kier molecular flexibility index (Phi) is 7.09. The van der Waals surface area contributed by atoms with E-state index in [0.717, 1.165) is 10.4 Å². The van der Waals surface area contributed by atoms with E-state index < -0.39 is 5.97 Å². The van der Waals surface area contributed by atoms with Gasteiger partial charge in [0.1, 0.15) is 10.8 Å².